The molecule has 3 heterocycles. The Bertz CT molecular complexity index is 892. The second-order valence-electron chi connectivity index (χ2n) is 6.18. The van der Waals surface area contributed by atoms with Crippen molar-refractivity contribution in [3.05, 3.63) is 64.5 Å². The van der Waals surface area contributed by atoms with Gasteiger partial charge in [-0.05, 0) is 57.4 Å². The molecule has 1 saturated heterocycles. The first kappa shape index (κ1) is 24.2. The quantitative estimate of drug-likeness (QED) is 0.359. The van der Waals surface area contributed by atoms with Gasteiger partial charge in [-0.3, -0.25) is 0 Å². The largest absolute Gasteiger partial charge is 0.466 e. The standard InChI is InChI=1S/C13H16N2O3.C9H8BrNO2/c1-17-13(16)5-3-11-2-4-12(14-10-11)15-6-8-18-9-7-15;1-13-9(12)5-3-7-2-4-8(10)11-6-7/h2-5,10H,6-9H2,1H3;2-6H,1H3. The van der Waals surface area contributed by atoms with E-state index in [2.05, 4.69) is 40.3 Å². The summed E-state index contributed by atoms with van der Waals surface area (Å²) in [5.74, 6) is 0.198. The van der Waals surface area contributed by atoms with Crippen LogP contribution in [0.25, 0.3) is 12.2 Å². The third kappa shape index (κ3) is 9.10. The smallest absolute Gasteiger partial charge is 0.330 e. The summed E-state index contributed by atoms with van der Waals surface area (Å²) in [6, 6.07) is 7.52. The first-order valence-electron chi connectivity index (χ1n) is 9.44. The van der Waals surface area contributed by atoms with E-state index in [0.717, 1.165) is 47.9 Å². The van der Waals surface area contributed by atoms with Gasteiger partial charge in [0, 0.05) is 37.6 Å². The van der Waals surface area contributed by atoms with Gasteiger partial charge in [0.05, 0.1) is 27.4 Å². The van der Waals surface area contributed by atoms with Crippen molar-refractivity contribution in [1.82, 2.24) is 9.97 Å². The van der Waals surface area contributed by atoms with E-state index in [-0.39, 0.29) is 11.9 Å². The molecule has 0 atom stereocenters. The fraction of sp³-hybridized carbons (Fsp3) is 0.273. The predicted molar refractivity (Wildman–Crippen MR) is 121 cm³/mol. The summed E-state index contributed by atoms with van der Waals surface area (Å²) in [5, 5.41) is 0. The molecule has 2 aromatic heterocycles. The van der Waals surface area contributed by atoms with Crippen molar-refractivity contribution in [1.29, 1.82) is 0 Å². The second kappa shape index (κ2) is 13.3. The maximum atomic E-state index is 10.9. The third-order valence-corrected chi connectivity index (χ3v) is 4.55. The van der Waals surface area contributed by atoms with Crippen molar-refractivity contribution in [2.75, 3.05) is 45.4 Å². The first-order chi connectivity index (χ1) is 15.0. The van der Waals surface area contributed by atoms with Crippen molar-refractivity contribution in [2.24, 2.45) is 0 Å². The maximum Gasteiger partial charge on any atom is 0.330 e. The van der Waals surface area contributed by atoms with Crippen LogP contribution in [0.1, 0.15) is 11.1 Å². The predicted octanol–water partition coefficient (Wildman–Crippen LogP) is 3.13. The van der Waals surface area contributed by atoms with Crippen molar-refractivity contribution in [2.45, 2.75) is 0 Å². The maximum absolute atomic E-state index is 10.9. The van der Waals surface area contributed by atoms with Crippen LogP contribution in [0.5, 0.6) is 0 Å². The number of anilines is 1. The van der Waals surface area contributed by atoms with Gasteiger partial charge in [0.2, 0.25) is 0 Å². The van der Waals surface area contributed by atoms with Crippen LogP contribution in [0.3, 0.4) is 0 Å². The average Bonchev–Trinajstić information content (AvgIpc) is 2.83. The number of ether oxygens (including phenoxy) is 3. The van der Waals surface area contributed by atoms with Crippen LogP contribution in [0, 0.1) is 0 Å². The zero-order valence-electron chi connectivity index (χ0n) is 17.4. The molecule has 0 saturated carbocycles. The minimum Gasteiger partial charge on any atom is -0.466 e. The molecular formula is C22H24BrN3O5. The van der Waals surface area contributed by atoms with Crippen LogP contribution in [-0.2, 0) is 23.8 Å². The highest BCUT2D eigenvalue weighted by Gasteiger charge is 2.11. The van der Waals surface area contributed by atoms with Crippen LogP contribution < -0.4 is 4.90 Å². The molecule has 0 aliphatic carbocycles. The molecule has 1 aliphatic rings. The summed E-state index contributed by atoms with van der Waals surface area (Å²) in [5.41, 5.74) is 1.73. The van der Waals surface area contributed by atoms with E-state index in [0.29, 0.717) is 0 Å². The van der Waals surface area contributed by atoms with Gasteiger partial charge in [0.15, 0.2) is 0 Å². The number of pyridine rings is 2. The lowest BCUT2D eigenvalue weighted by molar-refractivity contribution is -0.135. The number of carbonyl (C=O) groups excluding carboxylic acids is 2. The number of halogens is 1. The lowest BCUT2D eigenvalue weighted by Crippen LogP contribution is -2.36. The van der Waals surface area contributed by atoms with Crippen molar-refractivity contribution in [3.63, 3.8) is 0 Å². The second-order valence-corrected chi connectivity index (χ2v) is 6.99. The Balaban J connectivity index is 0.000000233. The molecule has 3 rings (SSSR count). The van der Waals surface area contributed by atoms with Gasteiger partial charge in [-0.1, -0.05) is 6.07 Å². The Morgan fingerprint density at radius 1 is 0.935 bits per heavy atom. The van der Waals surface area contributed by atoms with Gasteiger partial charge in [0.1, 0.15) is 10.4 Å². The summed E-state index contributed by atoms with van der Waals surface area (Å²) in [6.45, 7) is 3.21. The van der Waals surface area contributed by atoms with Gasteiger partial charge in [-0.25, -0.2) is 19.6 Å². The van der Waals surface area contributed by atoms with E-state index in [9.17, 15) is 9.59 Å². The lowest BCUT2D eigenvalue weighted by atomic mass is 10.2. The molecule has 0 bridgehead atoms. The number of esters is 2. The van der Waals surface area contributed by atoms with Crippen molar-refractivity contribution >= 4 is 45.8 Å². The molecule has 164 valence electrons. The Kier molecular flexibility index (Phi) is 10.4. The van der Waals surface area contributed by atoms with Crippen molar-refractivity contribution in [3.8, 4) is 0 Å². The highest BCUT2D eigenvalue weighted by Crippen LogP contribution is 2.13. The van der Waals surface area contributed by atoms with Crippen LogP contribution in [0.15, 0.2) is 53.4 Å². The summed E-state index contributed by atoms with van der Waals surface area (Å²) in [6.07, 6.45) is 9.46. The average molecular weight is 490 g/mol. The van der Waals surface area contributed by atoms with E-state index in [1.165, 1.54) is 26.4 Å². The summed E-state index contributed by atoms with van der Waals surface area (Å²) in [4.78, 5) is 32.2. The molecule has 0 spiro atoms. The molecule has 0 N–H and O–H groups in total. The molecule has 2 aromatic rings. The molecule has 8 nitrogen and oxygen atoms in total. The number of hydrogen-bond donors (Lipinski definition) is 0. The number of methoxy groups -OCH3 is 2. The minimum absolute atomic E-state index is 0.368. The zero-order chi connectivity index (χ0) is 22.5. The Morgan fingerprint density at radius 2 is 1.48 bits per heavy atom. The topological polar surface area (TPSA) is 90.9 Å². The fourth-order valence-electron chi connectivity index (χ4n) is 2.43. The Hall–Kier alpha value is -3.04. The Morgan fingerprint density at radius 3 is 1.94 bits per heavy atom. The molecule has 0 radical (unpaired) electrons. The fourth-order valence-corrected chi connectivity index (χ4v) is 2.66. The van der Waals surface area contributed by atoms with Crippen molar-refractivity contribution < 1.29 is 23.8 Å². The van der Waals surface area contributed by atoms with E-state index < -0.39 is 0 Å². The van der Waals surface area contributed by atoms with E-state index in [1.54, 1.807) is 30.6 Å². The van der Waals surface area contributed by atoms with Crippen LogP contribution in [0.4, 0.5) is 5.82 Å². The first-order valence-corrected chi connectivity index (χ1v) is 10.2. The lowest BCUT2D eigenvalue weighted by Gasteiger charge is -2.27. The highest BCUT2D eigenvalue weighted by molar-refractivity contribution is 9.10. The highest BCUT2D eigenvalue weighted by atomic mass is 79.9. The van der Waals surface area contributed by atoms with Gasteiger partial charge < -0.3 is 19.1 Å². The number of carbonyl (C=O) groups is 2. The number of aromatic nitrogens is 2. The van der Waals surface area contributed by atoms with Crippen LogP contribution in [0.2, 0.25) is 0 Å². The molecular weight excluding hydrogens is 466 g/mol. The SMILES string of the molecule is COC(=O)C=Cc1ccc(Br)nc1.COC(=O)C=Cc1ccc(N2CCOCC2)nc1. The zero-order valence-corrected chi connectivity index (χ0v) is 18.9. The summed E-state index contributed by atoms with van der Waals surface area (Å²) < 4.78 is 15.0. The number of morpholine rings is 1. The van der Waals surface area contributed by atoms with Crippen LogP contribution in [-0.4, -0.2) is 62.4 Å². The number of rotatable bonds is 5. The normalized spacial score (nSPS) is 13.6. The number of hydrogen-bond acceptors (Lipinski definition) is 8. The Labute approximate surface area is 189 Å². The molecule has 1 aliphatic heterocycles. The van der Waals surface area contributed by atoms with Gasteiger partial charge in [-0.15, -0.1) is 0 Å². The van der Waals surface area contributed by atoms with Crippen LogP contribution >= 0.6 is 15.9 Å². The molecule has 0 unspecified atom stereocenters. The summed E-state index contributed by atoms with van der Waals surface area (Å²) in [7, 11) is 2.69. The van der Waals surface area contributed by atoms with E-state index in [4.69, 9.17) is 4.74 Å². The molecule has 1 fully saturated rings. The molecule has 0 aromatic carbocycles. The molecule has 0 amide bonds. The van der Waals surface area contributed by atoms with Gasteiger partial charge in [-0.2, -0.15) is 0 Å². The monoisotopic (exact) mass is 489 g/mol. The molecule has 9 heteroatoms. The summed E-state index contributed by atoms with van der Waals surface area (Å²) >= 11 is 3.21. The molecule has 31 heavy (non-hydrogen) atoms. The van der Waals surface area contributed by atoms with E-state index in [1.807, 2.05) is 18.2 Å². The van der Waals surface area contributed by atoms with Gasteiger partial charge >= 0.3 is 11.9 Å². The third-order valence-electron chi connectivity index (χ3n) is 4.08. The number of nitrogens with zero attached hydrogens (tertiary/aromatic N) is 3. The van der Waals surface area contributed by atoms with E-state index >= 15 is 0 Å². The minimum atomic E-state index is -0.372. The van der Waals surface area contributed by atoms with Gasteiger partial charge in [0.25, 0.3) is 0 Å².